The van der Waals surface area contributed by atoms with Crippen LogP contribution in [0.2, 0.25) is 0 Å². The molecule has 0 spiro atoms. The van der Waals surface area contributed by atoms with Gasteiger partial charge in [-0.25, -0.2) is 4.79 Å². The van der Waals surface area contributed by atoms with Gasteiger partial charge in [-0.3, -0.25) is 47.9 Å². The summed E-state index contributed by atoms with van der Waals surface area (Å²) in [5.74, 6) is -9.15. The molecular weight excluding hydrogens is 1400 g/mol. The number of hydrogen-bond donors (Lipinski definition) is 16. The maximum atomic E-state index is 15.1. The highest BCUT2D eigenvalue weighted by molar-refractivity contribution is 8.76. The largest absolute Gasteiger partial charge is 0.508 e. The summed E-state index contributed by atoms with van der Waals surface area (Å²) in [5.41, 5.74) is 8.12. The number of phenolic OH excluding ortho intramolecular Hbond substituents is 1. The van der Waals surface area contributed by atoms with Gasteiger partial charge in [-0.05, 0) is 80.5 Å². The van der Waals surface area contributed by atoms with Gasteiger partial charge in [-0.2, -0.15) is 0 Å². The molecule has 3 aromatic carbocycles. The van der Waals surface area contributed by atoms with Gasteiger partial charge in [0.05, 0.1) is 98.0 Å². The number of terminal acetylenes is 1. The number of carboxylic acids is 1. The average Bonchev–Trinajstić information content (AvgIpc) is 1.62. The number of aliphatic hydroxyl groups is 2. The first-order chi connectivity index (χ1) is 50.1. The molecule has 35 heteroatoms. The molecule has 1 aromatic heterocycles. The van der Waals surface area contributed by atoms with Crippen LogP contribution in [0.1, 0.15) is 56.2 Å². The molecule has 0 saturated carbocycles. The van der Waals surface area contributed by atoms with Crippen molar-refractivity contribution in [1.29, 1.82) is 0 Å². The Morgan fingerprint density at radius 3 is 1.80 bits per heavy atom. The molecule has 1 aliphatic rings. The molecule has 0 radical (unpaired) electrons. The van der Waals surface area contributed by atoms with Crippen molar-refractivity contribution in [2.24, 2.45) is 5.73 Å². The molecule has 0 bridgehead atoms. The summed E-state index contributed by atoms with van der Waals surface area (Å²) >= 11 is 0. The molecule has 570 valence electrons. The number of aromatic hydroxyl groups is 1. The van der Waals surface area contributed by atoms with E-state index in [1.807, 2.05) is 5.92 Å². The number of nitrogens with two attached hydrogens (primary N) is 1. The summed E-state index contributed by atoms with van der Waals surface area (Å²) in [7, 11) is 1.74. The van der Waals surface area contributed by atoms with Gasteiger partial charge in [0.25, 0.3) is 5.91 Å². The van der Waals surface area contributed by atoms with Crippen molar-refractivity contribution in [3.8, 4) is 18.1 Å². The lowest BCUT2D eigenvalue weighted by atomic mass is 10.0. The molecular formula is C69H96N12O21S2. The van der Waals surface area contributed by atoms with Gasteiger partial charge in [-0.15, -0.1) is 6.42 Å². The van der Waals surface area contributed by atoms with Gasteiger partial charge >= 0.3 is 5.97 Å². The molecule has 5 rings (SSSR count). The first kappa shape index (κ1) is 85.7. The molecule has 0 aliphatic carbocycles. The van der Waals surface area contributed by atoms with E-state index < -0.39 is 131 Å². The van der Waals surface area contributed by atoms with Gasteiger partial charge in [0.1, 0.15) is 48.0 Å². The number of hydrogen-bond acceptors (Lipinski definition) is 23. The number of H-pyrrole nitrogens is 1. The van der Waals surface area contributed by atoms with E-state index in [9.17, 15) is 63.6 Å². The second kappa shape index (κ2) is 48.2. The number of nitrogens with one attached hydrogen (secondary N) is 11. The summed E-state index contributed by atoms with van der Waals surface area (Å²) in [6, 6.07) is 8.77. The van der Waals surface area contributed by atoms with Crippen molar-refractivity contribution < 1.29 is 102 Å². The van der Waals surface area contributed by atoms with Crippen LogP contribution in [0.4, 0.5) is 0 Å². The normalized spacial score (nSPS) is 19.0. The zero-order valence-corrected chi connectivity index (χ0v) is 59.7. The van der Waals surface area contributed by atoms with Crippen LogP contribution in [0.3, 0.4) is 0 Å². The number of carboxylic acid groups (broad SMARTS) is 1. The predicted molar refractivity (Wildman–Crippen MR) is 383 cm³/mol. The van der Waals surface area contributed by atoms with Gasteiger partial charge in [0.15, 0.2) is 6.04 Å². The summed E-state index contributed by atoms with van der Waals surface area (Å²) in [6.45, 7) is 5.34. The van der Waals surface area contributed by atoms with E-state index in [0.717, 1.165) is 28.5 Å². The van der Waals surface area contributed by atoms with Gasteiger partial charge in [0, 0.05) is 60.8 Å². The number of phenols is 1. The molecule has 2 heterocycles. The highest BCUT2D eigenvalue weighted by atomic mass is 33.1. The Hall–Kier alpha value is -8.93. The van der Waals surface area contributed by atoms with Crippen molar-refractivity contribution >= 4 is 97.5 Å². The fraction of sp³-hybridized carbons (Fsp3) is 0.522. The van der Waals surface area contributed by atoms with Crippen LogP contribution in [0.15, 0.2) is 85.1 Å². The Labute approximate surface area is 609 Å². The fourth-order valence-corrected chi connectivity index (χ4v) is 12.4. The number of carbonyl (C=O) groups is 11. The Balaban J connectivity index is 1.30. The monoisotopic (exact) mass is 1490 g/mol. The van der Waals surface area contributed by atoms with Gasteiger partial charge < -0.3 is 113 Å². The molecule has 1 aliphatic heterocycles. The van der Waals surface area contributed by atoms with E-state index in [1.54, 1.807) is 60.8 Å². The van der Waals surface area contributed by atoms with Crippen LogP contribution < -0.4 is 58.9 Å². The Morgan fingerprint density at radius 2 is 1.19 bits per heavy atom. The fourth-order valence-electron chi connectivity index (χ4n) is 10.0. The minimum Gasteiger partial charge on any atom is -0.508 e. The molecule has 1 saturated heterocycles. The van der Waals surface area contributed by atoms with E-state index in [2.05, 4.69) is 58.2 Å². The molecule has 33 nitrogen and oxygen atoms in total. The maximum absolute atomic E-state index is 15.1. The van der Waals surface area contributed by atoms with Crippen molar-refractivity contribution in [3.63, 3.8) is 0 Å². The van der Waals surface area contributed by atoms with Crippen LogP contribution in [0.25, 0.3) is 10.9 Å². The van der Waals surface area contributed by atoms with Crippen molar-refractivity contribution in [3.05, 3.63) is 102 Å². The third kappa shape index (κ3) is 32.4. The average molecular weight is 1490 g/mol. The van der Waals surface area contributed by atoms with Crippen LogP contribution in [-0.2, 0) is 100 Å². The second-order valence-electron chi connectivity index (χ2n) is 23.8. The highest BCUT2D eigenvalue weighted by Gasteiger charge is 2.38. The summed E-state index contributed by atoms with van der Waals surface area (Å²) < 4.78 is 33.1. The summed E-state index contributed by atoms with van der Waals surface area (Å²) in [6.07, 6.45) is 3.13. The molecule has 104 heavy (non-hydrogen) atoms. The Kier molecular flexibility index (Phi) is 39.7. The van der Waals surface area contributed by atoms with Crippen molar-refractivity contribution in [1.82, 2.24) is 58.2 Å². The number of aliphatic carboxylic acids is 1. The lowest BCUT2D eigenvalue weighted by Gasteiger charge is -2.29. The van der Waals surface area contributed by atoms with E-state index in [-0.39, 0.29) is 109 Å². The summed E-state index contributed by atoms with van der Waals surface area (Å²) in [5, 5.41) is 67.9. The quantitative estimate of drug-likeness (QED) is 0.0124. The topological polar surface area (TPSA) is 486 Å². The number of amides is 10. The van der Waals surface area contributed by atoms with Gasteiger partial charge in [-0.1, -0.05) is 82.3 Å². The van der Waals surface area contributed by atoms with Crippen LogP contribution >= 0.6 is 21.6 Å². The third-order valence-corrected chi connectivity index (χ3v) is 18.0. The first-order valence-corrected chi connectivity index (χ1v) is 36.4. The van der Waals surface area contributed by atoms with E-state index >= 15 is 9.59 Å². The molecule has 10 amide bonds. The first-order valence-electron chi connectivity index (χ1n) is 33.9. The highest BCUT2D eigenvalue weighted by Crippen LogP contribution is 2.25. The minimum atomic E-state index is -1.88. The smallest absolute Gasteiger partial charge is 0.328 e. The zero-order valence-electron chi connectivity index (χ0n) is 58.0. The van der Waals surface area contributed by atoms with E-state index in [4.69, 9.17) is 40.6 Å². The Morgan fingerprint density at radius 1 is 0.625 bits per heavy atom. The SMILES string of the molecule is C#CC(=O)NCC(=O)NCCOCCOCCOCCOCCOCCOCCC(=O)N[C@H](Cc1ccccc1)C(=O)N[C@H]1CSSC[C@@H](C(=O)N[C@H](C(=O)O)[C@@H](C)O)NC(=O)[C@H]([C@@H](C)O)NC(=O)[C@H](CCCCN)NC(=O)[C@@H](Cc2c[nH]c3ccccc23)NC(=O)[C@H](Cc2ccc(O)cc2)NC1=O. The number of benzene rings is 3. The van der Waals surface area contributed by atoms with Crippen LogP contribution in [0, 0.1) is 12.3 Å². The Bertz CT molecular complexity index is 3420. The molecule has 10 atom stereocenters. The number of rotatable bonds is 41. The number of fused-ring (bicyclic) bond motifs is 1. The number of aromatic nitrogens is 1. The number of aliphatic hydroxyl groups excluding tert-OH is 2. The lowest BCUT2D eigenvalue weighted by molar-refractivity contribution is -0.145. The number of carbonyl (C=O) groups excluding carboxylic acids is 10. The second-order valence-corrected chi connectivity index (χ2v) is 26.3. The molecule has 0 unspecified atom stereocenters. The number of aromatic amines is 1. The predicted octanol–water partition coefficient (Wildman–Crippen LogP) is -2.49. The number of unbranched alkanes of at least 4 members (excludes halogenated alkanes) is 1. The summed E-state index contributed by atoms with van der Waals surface area (Å²) in [4.78, 5) is 154. The van der Waals surface area contributed by atoms with E-state index in [1.165, 1.54) is 31.2 Å². The minimum absolute atomic E-state index is 0.0632. The van der Waals surface area contributed by atoms with Crippen LogP contribution in [0.5, 0.6) is 5.75 Å². The van der Waals surface area contributed by atoms with E-state index in [0.29, 0.717) is 73.7 Å². The molecule has 4 aromatic rings. The molecule has 1 fully saturated rings. The number of para-hydroxylation sites is 1. The molecule has 17 N–H and O–H groups in total. The maximum Gasteiger partial charge on any atom is 0.328 e. The zero-order chi connectivity index (χ0) is 75.6. The van der Waals surface area contributed by atoms with Gasteiger partial charge in [0.2, 0.25) is 53.2 Å². The van der Waals surface area contributed by atoms with Crippen molar-refractivity contribution in [2.45, 2.75) is 119 Å². The third-order valence-electron chi connectivity index (χ3n) is 15.6. The van der Waals surface area contributed by atoms with Crippen molar-refractivity contribution in [2.75, 3.05) is 110 Å². The van der Waals surface area contributed by atoms with Crippen LogP contribution in [-0.4, -0.2) is 261 Å². The standard InChI is InChI=1S/C69H96N12O21S2/c1-4-57(85)73-40-59(87)71-23-25-98-27-29-100-31-33-102-35-34-101-32-30-99-28-26-97-24-21-58(86)74-52(36-45-12-6-5-7-13-45)63(89)78-55-41-103-104-42-56(67(93)81-61(44(3)83)69(95)96)79-68(94)60(43(2)82)80-62(88)51(16-10-11-22-70)75-65(91)54(38-47-39-72-50-15-9-8-14-49(47)50)77-64(90)53(76-66(55)92)37-46-17-19-48(84)20-18-46/h1,5-9,12-15,17-20,39,43-44,51-56,60-61,72,82-84H,10-11,16,21-38,40-42,70H2,2-3H3,(H,71,87)(H,73,85)(H,74,86)(H,75,91)(H,76,92)(H,77,90)(H,78,89)(H,79,94)(H,80,88)(H,81,93)(H,95,96)/t43-,44-,51+,52-,53+,54-,55+,56+,60+,61+/m1/s1. The number of ether oxygens (including phenoxy) is 6. The lowest BCUT2D eigenvalue weighted by Crippen LogP contribution is -2.62.